The van der Waals surface area contributed by atoms with Crippen LogP contribution in [-0.4, -0.2) is 29.9 Å². The summed E-state index contributed by atoms with van der Waals surface area (Å²) in [6.07, 6.45) is 0. The van der Waals surface area contributed by atoms with E-state index in [1.165, 1.54) is 88.1 Å². The van der Waals surface area contributed by atoms with Gasteiger partial charge >= 0.3 is 0 Å². The molecule has 6 heteroatoms. The highest BCUT2D eigenvalue weighted by atomic mass is 15.1. The molecule has 4 aromatic heterocycles. The third kappa shape index (κ3) is 7.20. The van der Waals surface area contributed by atoms with Gasteiger partial charge in [0.05, 0.1) is 44.1 Å². The van der Waals surface area contributed by atoms with Crippen LogP contribution in [0, 0.1) is 10.8 Å². The van der Waals surface area contributed by atoms with Gasteiger partial charge in [0.25, 0.3) is 0 Å². The lowest BCUT2D eigenvalue weighted by atomic mass is 9.82. The van der Waals surface area contributed by atoms with E-state index in [-0.39, 0.29) is 10.8 Å². The van der Waals surface area contributed by atoms with Crippen molar-refractivity contribution in [3.63, 3.8) is 0 Å². The van der Waals surface area contributed by atoms with Crippen molar-refractivity contribution in [2.45, 2.75) is 38.5 Å². The summed E-state index contributed by atoms with van der Waals surface area (Å²) in [4.78, 5) is 0. The van der Waals surface area contributed by atoms with Crippen LogP contribution in [0.5, 0.6) is 0 Å². The number of hydrogen-bond donors (Lipinski definition) is 2. The first-order valence-electron chi connectivity index (χ1n) is 31.9. The van der Waals surface area contributed by atoms with E-state index in [1.54, 1.807) is 0 Å². The Morgan fingerprint density at radius 2 is 0.533 bits per heavy atom. The molecule has 0 aliphatic heterocycles. The Kier molecular flexibility index (Phi) is 10.8. The first-order chi connectivity index (χ1) is 45.0. The molecular weight excluding hydrogens is 1120 g/mol. The Balaban J connectivity index is 0.675. The molecule has 4 heterocycles. The SMILES string of the molecule is CC1(C)c2ccccc2-c2ccc(-n3c4ccccc4c4cc(-c5ccc6c(c5)c5ccccc5n6C(=N)c5ccccc5C(=N)n5c6ccccc6c6cc(-c7ccc8c(c7)c7ccccc7n8-c7ccc8c(c7)C(C)(C)c7ccccc7-8)ccc65)ccc43)cc21. The number of para-hydroxylation sites is 4. The van der Waals surface area contributed by atoms with E-state index in [2.05, 4.69) is 301 Å². The second-order valence-corrected chi connectivity index (χ2v) is 26.4. The fraction of sp³-hybridized carbons (Fsp3) is 0.0698. The van der Waals surface area contributed by atoms with Gasteiger partial charge in [-0.2, -0.15) is 0 Å². The molecule has 6 nitrogen and oxygen atoms in total. The van der Waals surface area contributed by atoms with Gasteiger partial charge in [0.2, 0.25) is 0 Å². The van der Waals surface area contributed by atoms with Gasteiger partial charge in [0.15, 0.2) is 0 Å². The quantitative estimate of drug-likeness (QED) is 0.123. The van der Waals surface area contributed by atoms with Gasteiger partial charge in [-0.25, -0.2) is 0 Å². The van der Waals surface area contributed by atoms with Crippen molar-refractivity contribution in [3.8, 4) is 55.9 Å². The molecule has 0 atom stereocenters. The maximum atomic E-state index is 10.3. The molecule has 0 spiro atoms. The topological polar surface area (TPSA) is 67.4 Å². The molecule has 434 valence electrons. The Hall–Kier alpha value is -11.6. The number of hydrogen-bond acceptors (Lipinski definition) is 2. The fourth-order valence-corrected chi connectivity index (χ4v) is 16.4. The molecule has 19 rings (SSSR count). The zero-order chi connectivity index (χ0) is 61.5. The lowest BCUT2D eigenvalue weighted by molar-refractivity contribution is 0.660. The Morgan fingerprint density at radius 1 is 0.250 bits per heavy atom. The molecule has 0 unspecified atom stereocenters. The van der Waals surface area contributed by atoms with Gasteiger partial charge in [-0.3, -0.25) is 20.0 Å². The lowest BCUT2D eigenvalue weighted by Crippen LogP contribution is -2.20. The van der Waals surface area contributed by atoms with Crippen LogP contribution in [0.2, 0.25) is 0 Å². The molecule has 2 aliphatic carbocycles. The molecule has 0 saturated heterocycles. The highest BCUT2D eigenvalue weighted by molar-refractivity contribution is 6.23. The molecule has 0 radical (unpaired) electrons. The molecule has 0 fully saturated rings. The van der Waals surface area contributed by atoms with Crippen molar-refractivity contribution in [3.05, 3.63) is 312 Å². The van der Waals surface area contributed by atoms with Gasteiger partial charge in [-0.15, -0.1) is 0 Å². The van der Waals surface area contributed by atoms with Crippen LogP contribution in [-0.2, 0) is 10.8 Å². The van der Waals surface area contributed by atoms with Gasteiger partial charge in [0, 0.05) is 76.4 Å². The molecule has 0 saturated carbocycles. The van der Waals surface area contributed by atoms with E-state index in [1.807, 2.05) is 24.3 Å². The predicted molar refractivity (Wildman–Crippen MR) is 384 cm³/mol. The van der Waals surface area contributed by atoms with Gasteiger partial charge in [-0.1, -0.05) is 210 Å². The highest BCUT2D eigenvalue weighted by Crippen LogP contribution is 2.52. The molecule has 0 amide bonds. The Labute approximate surface area is 531 Å². The van der Waals surface area contributed by atoms with Crippen molar-refractivity contribution in [1.29, 1.82) is 10.8 Å². The summed E-state index contributed by atoms with van der Waals surface area (Å²) < 4.78 is 9.02. The van der Waals surface area contributed by atoms with Crippen LogP contribution >= 0.6 is 0 Å². The average Bonchev–Trinajstić information content (AvgIpc) is 1.79. The van der Waals surface area contributed by atoms with Crippen LogP contribution < -0.4 is 0 Å². The number of rotatable bonds is 6. The van der Waals surface area contributed by atoms with Crippen molar-refractivity contribution in [2.75, 3.05) is 0 Å². The predicted octanol–water partition coefficient (Wildman–Crippen LogP) is 21.8. The van der Waals surface area contributed by atoms with E-state index >= 15 is 0 Å². The summed E-state index contributed by atoms with van der Waals surface area (Å²) in [5.41, 5.74) is 27.1. The molecular formula is C86H60N6. The maximum absolute atomic E-state index is 10.3. The normalized spacial score (nSPS) is 13.7. The number of aromatic nitrogens is 4. The number of fused-ring (bicyclic) bond motifs is 18. The summed E-state index contributed by atoms with van der Waals surface area (Å²) >= 11 is 0. The van der Waals surface area contributed by atoms with Crippen molar-refractivity contribution < 1.29 is 0 Å². The zero-order valence-electron chi connectivity index (χ0n) is 51.3. The van der Waals surface area contributed by atoms with Gasteiger partial charge in [-0.05, 0) is 164 Å². The molecule has 2 aliphatic rings. The van der Waals surface area contributed by atoms with Crippen LogP contribution in [0.15, 0.2) is 279 Å². The van der Waals surface area contributed by atoms with Crippen molar-refractivity contribution in [1.82, 2.24) is 18.3 Å². The summed E-state index contributed by atoms with van der Waals surface area (Å²) in [5, 5.41) is 29.7. The monoisotopic (exact) mass is 1180 g/mol. The molecule has 17 aromatic rings. The lowest BCUT2D eigenvalue weighted by Gasteiger charge is -2.22. The van der Waals surface area contributed by atoms with Crippen LogP contribution in [0.1, 0.15) is 61.1 Å². The minimum atomic E-state index is -0.108. The zero-order valence-corrected chi connectivity index (χ0v) is 51.3. The van der Waals surface area contributed by atoms with Crippen LogP contribution in [0.3, 0.4) is 0 Å². The molecule has 0 bridgehead atoms. The number of nitrogens with zero attached hydrogens (tertiary/aromatic N) is 4. The molecule has 92 heavy (non-hydrogen) atoms. The Bertz CT molecular complexity index is 5750. The second kappa shape index (κ2) is 19.0. The molecule has 2 N–H and O–H groups in total. The van der Waals surface area contributed by atoms with E-state index in [0.29, 0.717) is 22.8 Å². The van der Waals surface area contributed by atoms with Crippen LogP contribution in [0.25, 0.3) is 143 Å². The molecule has 13 aromatic carbocycles. The van der Waals surface area contributed by atoms with E-state index in [9.17, 15) is 10.8 Å². The summed E-state index contributed by atoms with van der Waals surface area (Å²) in [6.45, 7) is 9.39. The standard InChI is InChI=1S/C86H60N6/c1-85(2)71-27-13-7-19-57(71)59-39-37-55(49-73(59)85)89-75-29-15-9-21-61(75)67-45-51(33-41-79(67)89)53-35-43-81-69(47-53)63-23-11-17-31-77(63)91(81)83(87)65-25-5-6-26-66(65)84(88)92-78-32-18-12-24-64(78)70-48-54(36-44-82(70)92)52-34-42-80-68(46-52)62-22-10-16-30-76(62)90(80)56-38-40-60-58-20-8-14-28-72(58)86(3,4)74(60)50-56/h5-50,87-88H,1-4H3. The smallest absolute Gasteiger partial charge is 0.138 e. The number of nitrogens with one attached hydrogen (secondary N) is 2. The number of benzene rings is 13. The van der Waals surface area contributed by atoms with E-state index in [0.717, 1.165) is 77.2 Å². The summed E-state index contributed by atoms with van der Waals surface area (Å²) in [7, 11) is 0. The van der Waals surface area contributed by atoms with E-state index in [4.69, 9.17) is 0 Å². The second-order valence-electron chi connectivity index (χ2n) is 26.4. The van der Waals surface area contributed by atoms with Crippen molar-refractivity contribution >= 4 is 98.9 Å². The maximum Gasteiger partial charge on any atom is 0.138 e. The first-order valence-corrected chi connectivity index (χ1v) is 31.9. The largest absolute Gasteiger partial charge is 0.309 e. The van der Waals surface area contributed by atoms with Crippen molar-refractivity contribution in [2.24, 2.45) is 0 Å². The minimum Gasteiger partial charge on any atom is -0.309 e. The summed E-state index contributed by atoms with van der Waals surface area (Å²) in [6, 6.07) is 101. The van der Waals surface area contributed by atoms with Crippen LogP contribution in [0.4, 0.5) is 0 Å². The van der Waals surface area contributed by atoms with E-state index < -0.39 is 0 Å². The highest BCUT2D eigenvalue weighted by Gasteiger charge is 2.37. The first kappa shape index (κ1) is 52.3. The Morgan fingerprint density at radius 3 is 0.935 bits per heavy atom. The fourth-order valence-electron chi connectivity index (χ4n) is 16.4. The minimum absolute atomic E-state index is 0.108. The average molecular weight is 1180 g/mol. The summed E-state index contributed by atoms with van der Waals surface area (Å²) in [5.74, 6) is 0.616. The van der Waals surface area contributed by atoms with Gasteiger partial charge in [0.1, 0.15) is 11.7 Å². The third-order valence-electron chi connectivity index (χ3n) is 20.9. The third-order valence-corrected chi connectivity index (χ3v) is 20.9. The van der Waals surface area contributed by atoms with Gasteiger partial charge < -0.3 is 9.13 Å².